The molecule has 0 bridgehead atoms. The summed E-state index contributed by atoms with van der Waals surface area (Å²) in [4.78, 5) is 66.4. The summed E-state index contributed by atoms with van der Waals surface area (Å²) in [6.07, 6.45) is 0.930. The van der Waals surface area contributed by atoms with Crippen LogP contribution in [0.4, 0.5) is 14.4 Å². The van der Waals surface area contributed by atoms with Crippen LogP contribution in [0.15, 0.2) is 72.8 Å². The van der Waals surface area contributed by atoms with E-state index < -0.39 is 59.3 Å². The minimum absolute atomic E-state index is 0.0548. The average molecular weight is 705 g/mol. The molecule has 2 fully saturated rings. The zero-order valence-corrected chi connectivity index (χ0v) is 26.7. The first kappa shape index (κ1) is 34.6. The molecule has 0 radical (unpaired) electrons. The highest BCUT2D eigenvalue weighted by Gasteiger charge is 2.45. The highest BCUT2D eigenvalue weighted by molar-refractivity contribution is 7.88. The first-order valence-corrected chi connectivity index (χ1v) is 16.1. The number of ether oxygens (including phenoxy) is 2. The Morgan fingerprint density at radius 2 is 1.64 bits per heavy atom. The molecular weight excluding hydrogens is 676 g/mol. The van der Waals surface area contributed by atoms with Gasteiger partial charge < -0.3 is 19.9 Å². The fraction of sp³-hybridized carbons (Fsp3) is 0.194. The fourth-order valence-corrected chi connectivity index (χ4v) is 5.77. The highest BCUT2D eigenvalue weighted by atomic mass is 32.2. The van der Waals surface area contributed by atoms with Gasteiger partial charge in [-0.15, -0.1) is 0 Å². The number of hydrogen-bond donors (Lipinski definition) is 4. The number of likely N-dealkylation sites (tertiary alicyclic amines) is 1. The number of urea groups is 2. The summed E-state index contributed by atoms with van der Waals surface area (Å²) in [6.45, 7) is -1.08. The molecule has 1 atom stereocenters. The van der Waals surface area contributed by atoms with E-state index in [0.717, 1.165) is 17.2 Å². The van der Waals surface area contributed by atoms with Gasteiger partial charge in [0.15, 0.2) is 11.5 Å². The van der Waals surface area contributed by atoms with E-state index in [4.69, 9.17) is 14.6 Å². The molecule has 2 saturated heterocycles. The minimum atomic E-state index is -4.85. The quantitative estimate of drug-likeness (QED) is 0.155. The Morgan fingerprint density at radius 1 is 1.00 bits per heavy atom. The van der Waals surface area contributed by atoms with Crippen LogP contribution in [0.5, 0.6) is 11.5 Å². The number of carboxylic acid groups (broad SMARTS) is 1. The average Bonchev–Trinajstić information content (AvgIpc) is 3.47. The second kappa shape index (κ2) is 15.0. The monoisotopic (exact) mass is 704 g/mol. The van der Waals surface area contributed by atoms with Crippen LogP contribution in [0, 0.1) is 11.3 Å². The van der Waals surface area contributed by atoms with Gasteiger partial charge in [0.25, 0.3) is 11.8 Å². The van der Waals surface area contributed by atoms with Gasteiger partial charge in [-0.25, -0.2) is 33.4 Å². The second-order valence-electron chi connectivity index (χ2n) is 10.5. The van der Waals surface area contributed by atoms with E-state index in [2.05, 4.69) is 10.4 Å². The molecule has 3 aromatic rings. The van der Waals surface area contributed by atoms with E-state index in [1.165, 1.54) is 12.1 Å². The molecule has 0 unspecified atom stereocenters. The summed E-state index contributed by atoms with van der Waals surface area (Å²) in [6, 6.07) is 17.6. The van der Waals surface area contributed by atoms with Crippen LogP contribution in [-0.4, -0.2) is 88.4 Å². The van der Waals surface area contributed by atoms with E-state index in [9.17, 15) is 37.7 Å². The molecular formula is C31H28N8O10S. The van der Waals surface area contributed by atoms with Crippen molar-refractivity contribution in [3.63, 3.8) is 0 Å². The van der Waals surface area contributed by atoms with Crippen molar-refractivity contribution in [3.05, 3.63) is 95.3 Å². The smallest absolute Gasteiger partial charge is 0.405 e. The summed E-state index contributed by atoms with van der Waals surface area (Å²) in [7, 11) is -4.85. The van der Waals surface area contributed by atoms with Crippen molar-refractivity contribution < 1.29 is 47.0 Å². The Morgan fingerprint density at radius 3 is 2.24 bits per heavy atom. The lowest BCUT2D eigenvalue weighted by Gasteiger charge is -2.36. The molecule has 2 aliphatic heterocycles. The van der Waals surface area contributed by atoms with Gasteiger partial charge in [-0.3, -0.25) is 19.9 Å². The molecule has 2 aliphatic rings. The molecule has 3 heterocycles. The van der Waals surface area contributed by atoms with Gasteiger partial charge in [0.05, 0.1) is 25.7 Å². The van der Waals surface area contributed by atoms with Crippen molar-refractivity contribution in [1.29, 1.82) is 5.26 Å². The normalized spacial score (nSPS) is 15.7. The van der Waals surface area contributed by atoms with E-state index in [0.29, 0.717) is 9.91 Å². The number of nitrogens with zero attached hydrogens (tertiary/aromatic N) is 5. The van der Waals surface area contributed by atoms with Gasteiger partial charge in [-0.2, -0.15) is 13.7 Å². The molecule has 5 rings (SSSR count). The number of amides is 7. The van der Waals surface area contributed by atoms with E-state index >= 15 is 0 Å². The van der Waals surface area contributed by atoms with Crippen molar-refractivity contribution in [2.75, 3.05) is 19.6 Å². The van der Waals surface area contributed by atoms with E-state index in [1.54, 1.807) is 4.72 Å². The van der Waals surface area contributed by atoms with Crippen LogP contribution in [0.3, 0.4) is 0 Å². The molecule has 0 aliphatic carbocycles. The molecule has 50 heavy (non-hydrogen) atoms. The predicted molar refractivity (Wildman–Crippen MR) is 171 cm³/mol. The highest BCUT2D eigenvalue weighted by Crippen LogP contribution is 2.34. The summed E-state index contributed by atoms with van der Waals surface area (Å²) < 4.78 is 39.7. The number of carbonyl (C=O) groups is 5. The number of imide groups is 1. The number of nitrogens with one attached hydrogen (secondary N) is 3. The van der Waals surface area contributed by atoms with Crippen molar-refractivity contribution >= 4 is 46.3 Å². The topological polar surface area (TPSA) is 241 Å². The minimum Gasteiger partial charge on any atom is -0.485 e. The number of aromatic nitrogens is 1. The van der Waals surface area contributed by atoms with Gasteiger partial charge in [-0.05, 0) is 17.2 Å². The summed E-state index contributed by atoms with van der Waals surface area (Å²) in [5, 5.41) is 20.5. The van der Waals surface area contributed by atoms with Gasteiger partial charge in [0.2, 0.25) is 0 Å². The van der Waals surface area contributed by atoms with Crippen molar-refractivity contribution in [2.45, 2.75) is 19.3 Å². The standard InChI is InChI=1S/C31H28N8O10S/c32-13-7-12-22-26(49-19-21-10-5-2-6-11-21)25(48-18-20-8-3-1-4-9-20)16-23(33-22)27(40)35-38-14-15-39(31(38)45)50(46,47)36-29(42)37-17-24(28(37)41)34-30(43)44/h1-12,16,24,34H,14-15,17-19H2,(H,35,40)(H,36,42)(H,43,44)/t24-/m0/s1. The maximum absolute atomic E-state index is 13.4. The molecule has 18 nitrogen and oxygen atoms in total. The summed E-state index contributed by atoms with van der Waals surface area (Å²) in [5.41, 5.74) is 3.68. The van der Waals surface area contributed by atoms with Crippen LogP contribution in [0.2, 0.25) is 0 Å². The lowest BCUT2D eigenvalue weighted by Crippen LogP contribution is -2.67. The molecule has 0 saturated carbocycles. The van der Waals surface area contributed by atoms with Crippen molar-refractivity contribution in [3.8, 4) is 17.6 Å². The molecule has 258 valence electrons. The molecule has 2 aromatic carbocycles. The molecule has 0 spiro atoms. The first-order chi connectivity index (χ1) is 24.0. The van der Waals surface area contributed by atoms with Gasteiger partial charge in [0, 0.05) is 12.1 Å². The Balaban J connectivity index is 1.32. The van der Waals surface area contributed by atoms with Crippen LogP contribution >= 0.6 is 0 Å². The third-order valence-corrected chi connectivity index (χ3v) is 8.51. The number of rotatable bonds is 12. The molecule has 19 heteroatoms. The number of pyridine rings is 1. The van der Waals surface area contributed by atoms with Crippen LogP contribution < -0.4 is 24.9 Å². The van der Waals surface area contributed by atoms with E-state index in [1.807, 2.05) is 72.0 Å². The lowest BCUT2D eigenvalue weighted by atomic mass is 10.1. The number of benzene rings is 2. The zero-order valence-electron chi connectivity index (χ0n) is 25.9. The molecule has 4 N–H and O–H groups in total. The third kappa shape index (κ3) is 8.06. The lowest BCUT2D eigenvalue weighted by molar-refractivity contribution is -0.138. The Hall–Kier alpha value is -6.68. The Labute approximate surface area is 284 Å². The zero-order chi connectivity index (χ0) is 35.8. The molecule has 1 aromatic heterocycles. The van der Waals surface area contributed by atoms with Crippen LogP contribution in [0.1, 0.15) is 27.3 Å². The summed E-state index contributed by atoms with van der Waals surface area (Å²) >= 11 is 0. The number of carbonyl (C=O) groups excluding carboxylic acids is 4. The van der Waals surface area contributed by atoms with Crippen molar-refractivity contribution in [2.24, 2.45) is 0 Å². The molecule has 7 amide bonds. The first-order valence-electron chi connectivity index (χ1n) is 14.7. The van der Waals surface area contributed by atoms with Crippen LogP contribution in [-0.2, 0) is 28.2 Å². The maximum atomic E-state index is 13.4. The van der Waals surface area contributed by atoms with E-state index in [-0.39, 0.29) is 47.0 Å². The Kier molecular flexibility index (Phi) is 10.4. The van der Waals surface area contributed by atoms with Gasteiger partial charge in [-0.1, -0.05) is 60.7 Å². The third-order valence-electron chi connectivity index (χ3n) is 7.16. The number of allylic oxidation sites excluding steroid dienone is 1. The SMILES string of the molecule is N#CC=Cc1nc(C(=O)NN2CCN(S(=O)(=O)NC(=O)N3C[C@H](NC(=O)O)C3=O)C2=O)cc(OCc2ccccc2)c1OCc1ccccc1. The number of β-lactam (4-membered cyclic amide) rings is 1. The maximum Gasteiger partial charge on any atom is 0.405 e. The van der Waals surface area contributed by atoms with Gasteiger partial charge in [0.1, 0.15) is 30.6 Å². The number of nitriles is 1. The fourth-order valence-electron chi connectivity index (χ4n) is 4.70. The summed E-state index contributed by atoms with van der Waals surface area (Å²) in [5.74, 6) is -1.72. The van der Waals surface area contributed by atoms with Crippen molar-refractivity contribution in [1.82, 2.24) is 34.7 Å². The number of hydrazine groups is 1. The predicted octanol–water partition coefficient (Wildman–Crippen LogP) is 1.59. The van der Waals surface area contributed by atoms with Crippen LogP contribution in [0.25, 0.3) is 6.08 Å². The largest absolute Gasteiger partial charge is 0.485 e. The second-order valence-corrected chi connectivity index (χ2v) is 12.1. The van der Waals surface area contributed by atoms with Gasteiger partial charge >= 0.3 is 28.4 Å². The Bertz CT molecular complexity index is 1990. The number of hydrogen-bond acceptors (Lipinski definition) is 11.